The molecule has 2 amide bonds. The first kappa shape index (κ1) is 31.6. The zero-order valence-electron chi connectivity index (χ0n) is 24.0. The number of anilines is 1. The highest BCUT2D eigenvalue weighted by molar-refractivity contribution is 9.10. The average Bonchev–Trinajstić information content (AvgIpc) is 3.01. The van der Waals surface area contributed by atoms with Crippen LogP contribution in [0.5, 0.6) is 5.75 Å². The number of sulfonamides is 1. The predicted octanol–water partition coefficient (Wildman–Crippen LogP) is 5.91. The second kappa shape index (κ2) is 14.7. The number of carbonyl (C=O) groups is 2. The smallest absolute Gasteiger partial charge is 0.264 e. The van der Waals surface area contributed by atoms with Crippen molar-refractivity contribution in [2.45, 2.75) is 69.0 Å². The summed E-state index contributed by atoms with van der Waals surface area (Å²) in [6.45, 7) is 1.51. The number of amides is 2. The molecule has 0 bridgehead atoms. The zero-order chi connectivity index (χ0) is 30.1. The first-order chi connectivity index (χ1) is 20.2. The summed E-state index contributed by atoms with van der Waals surface area (Å²) in [5, 5.41) is 3.17. The molecule has 4 rings (SSSR count). The van der Waals surface area contributed by atoms with Crippen LogP contribution in [0.25, 0.3) is 0 Å². The minimum absolute atomic E-state index is 0.0714. The Morgan fingerprint density at radius 1 is 0.976 bits per heavy atom. The molecule has 0 saturated heterocycles. The quantitative estimate of drug-likeness (QED) is 0.262. The number of nitrogens with zero attached hydrogens (tertiary/aromatic N) is 2. The Kier molecular flexibility index (Phi) is 11.0. The predicted molar refractivity (Wildman–Crippen MR) is 168 cm³/mol. The molecule has 1 aliphatic carbocycles. The SMILES string of the molecule is CC[C@H](C(=O)NC1CCCCC1)N(Cc1cccc(OC)c1)C(=O)CN(c1ccc(Br)cc1)S(=O)(=O)c1ccccc1. The summed E-state index contributed by atoms with van der Waals surface area (Å²) in [6.07, 6.45) is 5.49. The molecular weight excluding hydrogens is 618 g/mol. The van der Waals surface area contributed by atoms with Crippen LogP contribution in [0.4, 0.5) is 5.69 Å². The number of hydrogen-bond acceptors (Lipinski definition) is 5. The number of benzene rings is 3. The van der Waals surface area contributed by atoms with E-state index in [0.717, 1.165) is 46.4 Å². The summed E-state index contributed by atoms with van der Waals surface area (Å²) in [7, 11) is -2.54. The second-order valence-corrected chi connectivity index (χ2v) is 13.2. The van der Waals surface area contributed by atoms with Crippen LogP contribution in [0.1, 0.15) is 51.0 Å². The standard InChI is InChI=1S/C32H38BrN3O5S/c1-3-30(32(38)34-26-12-6-4-7-13-26)35(22-24-11-10-14-28(21-24)41-2)31(37)23-36(27-19-17-25(33)18-20-27)42(39,40)29-15-8-5-9-16-29/h5,8-11,14-21,26,30H,3-4,6-7,12-13,22-23H2,1-2H3,(H,34,38)/t30-/m1/s1. The van der Waals surface area contributed by atoms with Crippen molar-refractivity contribution in [3.8, 4) is 5.75 Å². The van der Waals surface area contributed by atoms with Crippen molar-refractivity contribution in [1.29, 1.82) is 0 Å². The first-order valence-electron chi connectivity index (χ1n) is 14.3. The summed E-state index contributed by atoms with van der Waals surface area (Å²) in [5.74, 6) is -0.0737. The van der Waals surface area contributed by atoms with Gasteiger partial charge in [0.1, 0.15) is 18.3 Å². The van der Waals surface area contributed by atoms with E-state index in [1.807, 2.05) is 31.2 Å². The third kappa shape index (κ3) is 7.92. The molecule has 0 aliphatic heterocycles. The molecule has 0 radical (unpaired) electrons. The fourth-order valence-corrected chi connectivity index (χ4v) is 6.99. The van der Waals surface area contributed by atoms with Crippen molar-refractivity contribution in [3.63, 3.8) is 0 Å². The van der Waals surface area contributed by atoms with Crippen molar-refractivity contribution in [3.05, 3.63) is 88.9 Å². The monoisotopic (exact) mass is 655 g/mol. The molecule has 3 aromatic carbocycles. The maximum Gasteiger partial charge on any atom is 0.264 e. The van der Waals surface area contributed by atoms with Gasteiger partial charge in [0.05, 0.1) is 17.7 Å². The van der Waals surface area contributed by atoms with Gasteiger partial charge >= 0.3 is 0 Å². The molecule has 0 heterocycles. The van der Waals surface area contributed by atoms with E-state index in [2.05, 4.69) is 21.2 Å². The topological polar surface area (TPSA) is 96.0 Å². The number of carbonyl (C=O) groups excluding carboxylic acids is 2. The third-order valence-electron chi connectivity index (χ3n) is 7.55. The number of nitrogens with one attached hydrogen (secondary N) is 1. The number of hydrogen-bond donors (Lipinski definition) is 1. The lowest BCUT2D eigenvalue weighted by Crippen LogP contribution is -2.54. The number of ether oxygens (including phenoxy) is 1. The summed E-state index contributed by atoms with van der Waals surface area (Å²) < 4.78 is 35.1. The Hall–Kier alpha value is -3.37. The maximum absolute atomic E-state index is 14.2. The van der Waals surface area contributed by atoms with E-state index in [4.69, 9.17) is 4.74 Å². The van der Waals surface area contributed by atoms with E-state index in [1.165, 1.54) is 17.0 Å². The average molecular weight is 657 g/mol. The molecule has 10 heteroatoms. The molecule has 8 nitrogen and oxygen atoms in total. The van der Waals surface area contributed by atoms with Crippen molar-refractivity contribution in [1.82, 2.24) is 10.2 Å². The lowest BCUT2D eigenvalue weighted by Gasteiger charge is -2.34. The van der Waals surface area contributed by atoms with E-state index < -0.39 is 28.5 Å². The summed E-state index contributed by atoms with van der Waals surface area (Å²) >= 11 is 3.40. The fraction of sp³-hybridized carbons (Fsp3) is 0.375. The van der Waals surface area contributed by atoms with Crippen LogP contribution in [0.2, 0.25) is 0 Å². The lowest BCUT2D eigenvalue weighted by molar-refractivity contribution is -0.140. The number of rotatable bonds is 12. The van der Waals surface area contributed by atoms with Gasteiger partial charge in [0.15, 0.2) is 0 Å². The minimum Gasteiger partial charge on any atom is -0.497 e. The fourth-order valence-electron chi connectivity index (χ4n) is 5.29. The Morgan fingerprint density at radius 2 is 1.67 bits per heavy atom. The van der Waals surface area contributed by atoms with E-state index in [0.29, 0.717) is 17.9 Å². The van der Waals surface area contributed by atoms with Crippen LogP contribution in [0.3, 0.4) is 0 Å². The number of methoxy groups -OCH3 is 1. The third-order valence-corrected chi connectivity index (χ3v) is 9.87. The molecule has 1 atom stereocenters. The molecular formula is C32H38BrN3O5S. The zero-order valence-corrected chi connectivity index (χ0v) is 26.4. The van der Waals surface area contributed by atoms with Gasteiger partial charge in [0.2, 0.25) is 11.8 Å². The lowest BCUT2D eigenvalue weighted by atomic mass is 9.95. The highest BCUT2D eigenvalue weighted by Crippen LogP contribution is 2.27. The van der Waals surface area contributed by atoms with Gasteiger partial charge in [-0.2, -0.15) is 0 Å². The summed E-state index contributed by atoms with van der Waals surface area (Å²) in [4.78, 5) is 29.4. The van der Waals surface area contributed by atoms with Gasteiger partial charge in [-0.1, -0.05) is 72.4 Å². The van der Waals surface area contributed by atoms with Crippen molar-refractivity contribution in [2.24, 2.45) is 0 Å². The number of halogens is 1. The van der Waals surface area contributed by atoms with Crippen LogP contribution in [-0.4, -0.2) is 50.9 Å². The molecule has 0 aromatic heterocycles. The van der Waals surface area contributed by atoms with Crippen LogP contribution < -0.4 is 14.4 Å². The van der Waals surface area contributed by atoms with Crippen molar-refractivity contribution < 1.29 is 22.7 Å². The molecule has 1 aliphatic rings. The Morgan fingerprint density at radius 3 is 2.31 bits per heavy atom. The Balaban J connectivity index is 1.70. The minimum atomic E-state index is -4.10. The van der Waals surface area contributed by atoms with Gasteiger partial charge in [0, 0.05) is 17.1 Å². The van der Waals surface area contributed by atoms with Crippen LogP contribution in [-0.2, 0) is 26.2 Å². The van der Waals surface area contributed by atoms with Gasteiger partial charge in [-0.05, 0) is 73.4 Å². The van der Waals surface area contributed by atoms with Gasteiger partial charge in [-0.25, -0.2) is 8.42 Å². The van der Waals surface area contributed by atoms with Crippen molar-refractivity contribution in [2.75, 3.05) is 18.0 Å². The van der Waals surface area contributed by atoms with E-state index in [-0.39, 0.29) is 23.4 Å². The summed E-state index contributed by atoms with van der Waals surface area (Å²) in [5.41, 5.74) is 1.11. The van der Waals surface area contributed by atoms with Gasteiger partial charge < -0.3 is 15.0 Å². The van der Waals surface area contributed by atoms with Crippen LogP contribution in [0.15, 0.2) is 88.2 Å². The van der Waals surface area contributed by atoms with Crippen LogP contribution in [0, 0.1) is 0 Å². The molecule has 3 aromatic rings. The molecule has 1 saturated carbocycles. The summed E-state index contributed by atoms with van der Waals surface area (Å²) in [6, 6.07) is 21.4. The van der Waals surface area contributed by atoms with E-state index >= 15 is 0 Å². The van der Waals surface area contributed by atoms with E-state index in [1.54, 1.807) is 49.6 Å². The highest BCUT2D eigenvalue weighted by Gasteiger charge is 2.34. The van der Waals surface area contributed by atoms with Crippen molar-refractivity contribution >= 4 is 43.5 Å². The Labute approximate surface area is 257 Å². The van der Waals surface area contributed by atoms with E-state index in [9.17, 15) is 18.0 Å². The largest absolute Gasteiger partial charge is 0.497 e. The molecule has 0 unspecified atom stereocenters. The first-order valence-corrected chi connectivity index (χ1v) is 16.5. The molecule has 1 N–H and O–H groups in total. The second-order valence-electron chi connectivity index (χ2n) is 10.4. The highest BCUT2D eigenvalue weighted by atomic mass is 79.9. The Bertz CT molecular complexity index is 1440. The van der Waals surface area contributed by atoms with Gasteiger partial charge in [0.25, 0.3) is 10.0 Å². The molecule has 1 fully saturated rings. The van der Waals surface area contributed by atoms with Gasteiger partial charge in [-0.15, -0.1) is 0 Å². The maximum atomic E-state index is 14.2. The molecule has 42 heavy (non-hydrogen) atoms. The van der Waals surface area contributed by atoms with Gasteiger partial charge in [-0.3, -0.25) is 13.9 Å². The molecule has 224 valence electrons. The normalized spacial score (nSPS) is 14.5. The van der Waals surface area contributed by atoms with Crippen LogP contribution >= 0.6 is 15.9 Å². The molecule has 0 spiro atoms.